The van der Waals surface area contributed by atoms with Gasteiger partial charge in [0.1, 0.15) is 0 Å². The van der Waals surface area contributed by atoms with Crippen LogP contribution in [0.3, 0.4) is 0 Å². The minimum atomic E-state index is -2.69. The Kier molecular flexibility index (Phi) is 7.58. The van der Waals surface area contributed by atoms with E-state index in [4.69, 9.17) is 13.3 Å². The maximum Gasteiger partial charge on any atom is 0.521 e. The number of rotatable bonds is 8. The van der Waals surface area contributed by atoms with Crippen molar-refractivity contribution in [1.29, 1.82) is 0 Å². The van der Waals surface area contributed by atoms with E-state index >= 15 is 0 Å². The zero-order valence-electron chi connectivity index (χ0n) is 9.96. The lowest BCUT2D eigenvalue weighted by Gasteiger charge is -2.28. The van der Waals surface area contributed by atoms with E-state index in [1.165, 1.54) is 6.92 Å². The fraction of sp³-hybridized carbons (Fsp3) is 0.889. The first-order valence-electron chi connectivity index (χ1n) is 5.26. The van der Waals surface area contributed by atoms with Crippen molar-refractivity contribution >= 4 is 14.7 Å². The maximum atomic E-state index is 10.8. The molecule has 0 aromatic heterocycles. The first-order valence-corrected chi connectivity index (χ1v) is 7.19. The van der Waals surface area contributed by atoms with E-state index in [9.17, 15) is 4.79 Å². The smallest absolute Gasteiger partial charge is 0.373 e. The minimum absolute atomic E-state index is 0.106. The molecule has 0 unspecified atom stereocenters. The molecule has 15 heavy (non-hydrogen) atoms. The summed E-state index contributed by atoms with van der Waals surface area (Å²) in [5.41, 5.74) is 0. The van der Waals surface area contributed by atoms with Gasteiger partial charge in [-0.25, -0.2) is 0 Å². The summed E-state index contributed by atoms with van der Waals surface area (Å²) in [7, 11) is -2.69. The number of amides is 1. The highest BCUT2D eigenvalue weighted by Crippen LogP contribution is 2.08. The third-order valence-electron chi connectivity index (χ3n) is 1.65. The van der Waals surface area contributed by atoms with Gasteiger partial charge >= 0.3 is 8.80 Å². The van der Waals surface area contributed by atoms with Gasteiger partial charge in [-0.15, -0.1) is 0 Å². The van der Waals surface area contributed by atoms with Gasteiger partial charge < -0.3 is 18.6 Å². The van der Waals surface area contributed by atoms with Crippen molar-refractivity contribution in [2.45, 2.75) is 27.7 Å². The highest BCUT2D eigenvalue weighted by molar-refractivity contribution is 6.61. The quantitative estimate of drug-likeness (QED) is 0.630. The van der Waals surface area contributed by atoms with E-state index in [1.807, 2.05) is 20.8 Å². The molecule has 0 rings (SSSR count). The molecule has 0 heterocycles. The number of nitrogens with one attached hydrogen (secondary N) is 1. The molecule has 0 aromatic rings. The number of hydrogen-bond donors (Lipinski definition) is 1. The van der Waals surface area contributed by atoms with Gasteiger partial charge in [0, 0.05) is 26.7 Å². The molecule has 0 aliphatic heterocycles. The van der Waals surface area contributed by atoms with Crippen LogP contribution in [0, 0.1) is 0 Å². The summed E-state index contributed by atoms with van der Waals surface area (Å²) < 4.78 is 16.6. The van der Waals surface area contributed by atoms with Crippen molar-refractivity contribution in [2.24, 2.45) is 0 Å². The number of carbonyl (C=O) groups excluding carboxylic acids is 1. The Morgan fingerprint density at radius 2 is 1.47 bits per heavy atom. The lowest BCUT2D eigenvalue weighted by molar-refractivity contribution is -0.119. The summed E-state index contributed by atoms with van der Waals surface area (Å²) in [5, 5.41) is 2.69. The summed E-state index contributed by atoms with van der Waals surface area (Å²) in [4.78, 5) is 10.8. The standard InChI is InChI=1S/C9H21NO4Si/c1-5-12-15(13-6-2,14-7-3)8-10-9(4)11/h5-8H2,1-4H3,(H,10,11). The second kappa shape index (κ2) is 7.81. The summed E-state index contributed by atoms with van der Waals surface area (Å²) in [5.74, 6) is -0.106. The van der Waals surface area contributed by atoms with Crippen molar-refractivity contribution in [3.8, 4) is 0 Å². The summed E-state index contributed by atoms with van der Waals surface area (Å²) in [6, 6.07) is 0. The lowest BCUT2D eigenvalue weighted by atomic mass is 10.7. The molecule has 0 saturated heterocycles. The molecule has 1 N–H and O–H groups in total. The molecule has 0 radical (unpaired) electrons. The van der Waals surface area contributed by atoms with Crippen LogP contribution < -0.4 is 5.32 Å². The summed E-state index contributed by atoms with van der Waals surface area (Å²) in [6.45, 7) is 8.67. The molecular weight excluding hydrogens is 214 g/mol. The van der Waals surface area contributed by atoms with E-state index in [-0.39, 0.29) is 5.91 Å². The summed E-state index contributed by atoms with van der Waals surface area (Å²) >= 11 is 0. The van der Waals surface area contributed by atoms with Crippen LogP contribution in [0.5, 0.6) is 0 Å². The predicted molar refractivity (Wildman–Crippen MR) is 59.3 cm³/mol. The van der Waals surface area contributed by atoms with Crippen LogP contribution in [0.25, 0.3) is 0 Å². The first-order chi connectivity index (χ1) is 7.10. The van der Waals surface area contributed by atoms with Crippen LogP contribution in [0.15, 0.2) is 0 Å². The maximum absolute atomic E-state index is 10.8. The van der Waals surface area contributed by atoms with Crippen LogP contribution in [0.1, 0.15) is 27.7 Å². The van der Waals surface area contributed by atoms with E-state index in [0.717, 1.165) is 0 Å². The molecular formula is C9H21NO4Si. The summed E-state index contributed by atoms with van der Waals surface area (Å²) in [6.07, 6.45) is 0.331. The van der Waals surface area contributed by atoms with Gasteiger partial charge in [0.15, 0.2) is 0 Å². The molecule has 6 heteroatoms. The van der Waals surface area contributed by atoms with Gasteiger partial charge in [-0.1, -0.05) is 0 Å². The van der Waals surface area contributed by atoms with Crippen molar-refractivity contribution < 1.29 is 18.1 Å². The van der Waals surface area contributed by atoms with E-state index < -0.39 is 8.80 Å². The molecule has 1 amide bonds. The predicted octanol–water partition coefficient (Wildman–Crippen LogP) is 0.710. The van der Waals surface area contributed by atoms with Gasteiger partial charge in [-0.05, 0) is 20.8 Å². The van der Waals surface area contributed by atoms with Crippen LogP contribution in [-0.2, 0) is 18.1 Å². The zero-order chi connectivity index (χ0) is 11.7. The molecule has 0 saturated carbocycles. The molecule has 90 valence electrons. The van der Waals surface area contributed by atoms with Gasteiger partial charge in [0.2, 0.25) is 5.91 Å². The zero-order valence-corrected chi connectivity index (χ0v) is 11.0. The van der Waals surface area contributed by atoms with E-state index in [2.05, 4.69) is 5.32 Å². The molecule has 5 nitrogen and oxygen atoms in total. The van der Waals surface area contributed by atoms with Crippen molar-refractivity contribution in [3.05, 3.63) is 0 Å². The normalized spacial score (nSPS) is 11.5. The van der Waals surface area contributed by atoms with Crippen molar-refractivity contribution in [3.63, 3.8) is 0 Å². The molecule has 0 atom stereocenters. The number of hydrogen-bond acceptors (Lipinski definition) is 4. The highest BCUT2D eigenvalue weighted by atomic mass is 28.4. The van der Waals surface area contributed by atoms with Crippen LogP contribution in [0.2, 0.25) is 0 Å². The van der Waals surface area contributed by atoms with Gasteiger partial charge in [-0.3, -0.25) is 4.79 Å². The van der Waals surface area contributed by atoms with E-state index in [0.29, 0.717) is 26.0 Å². The first kappa shape index (κ1) is 14.6. The van der Waals surface area contributed by atoms with Crippen LogP contribution >= 0.6 is 0 Å². The fourth-order valence-electron chi connectivity index (χ4n) is 1.17. The fourth-order valence-corrected chi connectivity index (χ4v) is 3.51. The second-order valence-electron chi connectivity index (χ2n) is 2.89. The minimum Gasteiger partial charge on any atom is -0.373 e. The van der Waals surface area contributed by atoms with Gasteiger partial charge in [-0.2, -0.15) is 0 Å². The van der Waals surface area contributed by atoms with Crippen LogP contribution in [0.4, 0.5) is 0 Å². The molecule has 0 aliphatic rings. The van der Waals surface area contributed by atoms with E-state index in [1.54, 1.807) is 0 Å². The second-order valence-corrected chi connectivity index (χ2v) is 5.48. The average Bonchev–Trinajstić information content (AvgIpc) is 2.16. The Morgan fingerprint density at radius 3 is 1.73 bits per heavy atom. The third-order valence-corrected chi connectivity index (χ3v) is 4.44. The molecule has 0 bridgehead atoms. The van der Waals surface area contributed by atoms with Crippen LogP contribution in [-0.4, -0.2) is 40.7 Å². The Bertz CT molecular complexity index is 172. The molecule has 0 aromatic carbocycles. The third kappa shape index (κ3) is 5.88. The Labute approximate surface area is 92.5 Å². The monoisotopic (exact) mass is 235 g/mol. The number of carbonyl (C=O) groups is 1. The van der Waals surface area contributed by atoms with Crippen molar-refractivity contribution in [2.75, 3.05) is 26.0 Å². The molecule has 0 aliphatic carbocycles. The highest BCUT2D eigenvalue weighted by Gasteiger charge is 2.40. The average molecular weight is 235 g/mol. The Hall–Kier alpha value is -0.433. The van der Waals surface area contributed by atoms with Gasteiger partial charge in [0.05, 0.1) is 6.17 Å². The van der Waals surface area contributed by atoms with Crippen molar-refractivity contribution in [1.82, 2.24) is 5.32 Å². The largest absolute Gasteiger partial charge is 0.521 e. The topological polar surface area (TPSA) is 56.8 Å². The molecule has 0 fully saturated rings. The lowest BCUT2D eigenvalue weighted by Crippen LogP contribution is -2.55. The SMILES string of the molecule is CCO[Si](CNC(C)=O)(OCC)OCC. The Balaban J connectivity index is 4.37. The van der Waals surface area contributed by atoms with Gasteiger partial charge in [0.25, 0.3) is 0 Å². The Morgan fingerprint density at radius 1 is 1.07 bits per heavy atom. The molecule has 0 spiro atoms.